The number of rotatable bonds is 3. The maximum atomic E-state index is 11.5. The van der Waals surface area contributed by atoms with Gasteiger partial charge in [0, 0.05) is 12.2 Å². The van der Waals surface area contributed by atoms with Gasteiger partial charge in [-0.1, -0.05) is 6.92 Å². The van der Waals surface area contributed by atoms with Crippen molar-refractivity contribution in [3.05, 3.63) is 23.2 Å². The van der Waals surface area contributed by atoms with E-state index in [9.17, 15) is 4.79 Å². The highest BCUT2D eigenvalue weighted by atomic mass is 32.1. The van der Waals surface area contributed by atoms with Crippen molar-refractivity contribution in [2.75, 3.05) is 11.9 Å². The van der Waals surface area contributed by atoms with Crippen LogP contribution in [0, 0.1) is 6.92 Å². The van der Waals surface area contributed by atoms with E-state index in [1.807, 2.05) is 32.0 Å². The second kappa shape index (κ2) is 5.14. The van der Waals surface area contributed by atoms with Gasteiger partial charge in [0.15, 0.2) is 0 Å². The molecule has 17 heavy (non-hydrogen) atoms. The number of carbonyl (C=O) groups is 1. The molecular formula is C12H15N3OS. The van der Waals surface area contributed by atoms with E-state index in [0.717, 1.165) is 27.3 Å². The summed E-state index contributed by atoms with van der Waals surface area (Å²) >= 11 is 1.63. The number of hydrogen-bond acceptors (Lipinski definition) is 3. The van der Waals surface area contributed by atoms with Gasteiger partial charge in [-0.3, -0.25) is 0 Å². The Morgan fingerprint density at radius 2 is 2.29 bits per heavy atom. The van der Waals surface area contributed by atoms with Crippen molar-refractivity contribution in [1.29, 1.82) is 0 Å². The van der Waals surface area contributed by atoms with E-state index in [2.05, 4.69) is 15.6 Å². The minimum atomic E-state index is -0.160. The van der Waals surface area contributed by atoms with E-state index in [1.54, 1.807) is 11.3 Å². The molecule has 0 bridgehead atoms. The summed E-state index contributed by atoms with van der Waals surface area (Å²) in [6.07, 6.45) is 0.931. The van der Waals surface area contributed by atoms with Crippen LogP contribution in [-0.4, -0.2) is 17.6 Å². The molecule has 0 saturated heterocycles. The van der Waals surface area contributed by atoms with Crippen molar-refractivity contribution < 1.29 is 4.79 Å². The maximum absolute atomic E-state index is 11.5. The first-order chi connectivity index (χ1) is 8.19. The number of benzene rings is 1. The molecule has 0 spiro atoms. The summed E-state index contributed by atoms with van der Waals surface area (Å²) in [5.41, 5.74) is 1.78. The lowest BCUT2D eigenvalue weighted by Crippen LogP contribution is -2.29. The molecule has 0 radical (unpaired) electrons. The Morgan fingerprint density at radius 1 is 1.47 bits per heavy atom. The standard InChI is InChI=1S/C12H15N3OS/c1-3-6-13-12(16)15-9-4-5-10-11(7-9)17-8(2)14-10/h4-5,7H,3,6H2,1-2H3,(H2,13,15,16). The number of nitrogens with zero attached hydrogens (tertiary/aromatic N) is 1. The lowest BCUT2D eigenvalue weighted by Gasteiger charge is -2.06. The Labute approximate surface area is 104 Å². The van der Waals surface area contributed by atoms with E-state index >= 15 is 0 Å². The van der Waals surface area contributed by atoms with Crippen LogP contribution in [0.15, 0.2) is 18.2 Å². The van der Waals surface area contributed by atoms with Crippen LogP contribution < -0.4 is 10.6 Å². The molecule has 4 nitrogen and oxygen atoms in total. The zero-order valence-electron chi connectivity index (χ0n) is 9.91. The van der Waals surface area contributed by atoms with Crippen LogP contribution >= 0.6 is 11.3 Å². The average molecular weight is 249 g/mol. The third kappa shape index (κ3) is 2.94. The van der Waals surface area contributed by atoms with Gasteiger partial charge >= 0.3 is 6.03 Å². The number of aryl methyl sites for hydroxylation is 1. The number of carbonyl (C=O) groups excluding carboxylic acids is 1. The summed E-state index contributed by atoms with van der Waals surface area (Å²) in [6.45, 7) is 4.69. The number of urea groups is 1. The van der Waals surface area contributed by atoms with Crippen LogP contribution in [0.25, 0.3) is 10.2 Å². The van der Waals surface area contributed by atoms with Crippen molar-refractivity contribution in [2.24, 2.45) is 0 Å². The van der Waals surface area contributed by atoms with Crippen LogP contribution in [0.5, 0.6) is 0 Å². The predicted molar refractivity (Wildman–Crippen MR) is 71.7 cm³/mol. The quantitative estimate of drug-likeness (QED) is 0.878. The van der Waals surface area contributed by atoms with Crippen LogP contribution in [0.2, 0.25) is 0 Å². The van der Waals surface area contributed by atoms with Gasteiger partial charge in [0.05, 0.1) is 15.2 Å². The summed E-state index contributed by atoms with van der Waals surface area (Å²) in [5.74, 6) is 0. The van der Waals surface area contributed by atoms with Gasteiger partial charge in [-0.25, -0.2) is 9.78 Å². The van der Waals surface area contributed by atoms with E-state index in [0.29, 0.717) is 6.54 Å². The van der Waals surface area contributed by atoms with E-state index in [-0.39, 0.29) is 6.03 Å². The highest BCUT2D eigenvalue weighted by Crippen LogP contribution is 2.24. The number of amides is 2. The second-order valence-corrected chi connectivity index (χ2v) is 5.03. The molecule has 0 aliphatic rings. The second-order valence-electron chi connectivity index (χ2n) is 3.80. The van der Waals surface area contributed by atoms with Crippen LogP contribution in [0.4, 0.5) is 10.5 Å². The highest BCUT2D eigenvalue weighted by molar-refractivity contribution is 7.18. The summed E-state index contributed by atoms with van der Waals surface area (Å²) in [5, 5.41) is 6.61. The molecule has 90 valence electrons. The van der Waals surface area contributed by atoms with Crippen molar-refractivity contribution in [2.45, 2.75) is 20.3 Å². The van der Waals surface area contributed by atoms with Gasteiger partial charge in [0.2, 0.25) is 0 Å². The first-order valence-electron chi connectivity index (χ1n) is 5.61. The summed E-state index contributed by atoms with van der Waals surface area (Å²) in [7, 11) is 0. The molecule has 1 heterocycles. The molecule has 2 aromatic rings. The molecule has 0 unspecified atom stereocenters. The monoisotopic (exact) mass is 249 g/mol. The summed E-state index contributed by atoms with van der Waals surface area (Å²) in [6, 6.07) is 5.58. The number of nitrogens with one attached hydrogen (secondary N) is 2. The molecule has 1 aromatic heterocycles. The fourth-order valence-corrected chi connectivity index (χ4v) is 2.40. The Bertz CT molecular complexity index is 536. The molecule has 5 heteroatoms. The molecule has 2 rings (SSSR count). The summed E-state index contributed by atoms with van der Waals surface area (Å²) in [4.78, 5) is 15.9. The zero-order valence-corrected chi connectivity index (χ0v) is 10.7. The number of aromatic nitrogens is 1. The van der Waals surface area contributed by atoms with Crippen molar-refractivity contribution in [1.82, 2.24) is 10.3 Å². The molecule has 2 N–H and O–H groups in total. The van der Waals surface area contributed by atoms with Crippen LogP contribution in [0.3, 0.4) is 0 Å². The maximum Gasteiger partial charge on any atom is 0.319 e. The third-order valence-electron chi connectivity index (χ3n) is 2.29. The molecule has 1 aromatic carbocycles. The first kappa shape index (κ1) is 11.9. The molecule has 2 amide bonds. The Hall–Kier alpha value is -1.62. The SMILES string of the molecule is CCCNC(=O)Nc1ccc2nc(C)sc2c1. The number of hydrogen-bond donors (Lipinski definition) is 2. The Balaban J connectivity index is 2.10. The van der Waals surface area contributed by atoms with Gasteiger partial charge < -0.3 is 10.6 Å². The lowest BCUT2D eigenvalue weighted by molar-refractivity contribution is 0.252. The van der Waals surface area contributed by atoms with Crippen molar-refractivity contribution in [3.63, 3.8) is 0 Å². The smallest absolute Gasteiger partial charge is 0.319 e. The Kier molecular flexibility index (Phi) is 3.58. The first-order valence-corrected chi connectivity index (χ1v) is 6.42. The normalized spacial score (nSPS) is 10.5. The lowest BCUT2D eigenvalue weighted by atomic mass is 10.3. The average Bonchev–Trinajstić information content (AvgIpc) is 2.65. The van der Waals surface area contributed by atoms with Gasteiger partial charge in [0.1, 0.15) is 0 Å². The van der Waals surface area contributed by atoms with Gasteiger partial charge in [0.25, 0.3) is 0 Å². The third-order valence-corrected chi connectivity index (χ3v) is 3.22. The molecule has 0 aliphatic heterocycles. The van der Waals surface area contributed by atoms with Crippen molar-refractivity contribution >= 4 is 33.3 Å². The number of anilines is 1. The van der Waals surface area contributed by atoms with Gasteiger partial charge in [-0.2, -0.15) is 0 Å². The van der Waals surface area contributed by atoms with Crippen LogP contribution in [-0.2, 0) is 0 Å². The minimum absolute atomic E-state index is 0.160. The summed E-state index contributed by atoms with van der Waals surface area (Å²) < 4.78 is 1.09. The molecule has 0 fully saturated rings. The fourth-order valence-electron chi connectivity index (χ4n) is 1.53. The molecule has 0 saturated carbocycles. The van der Waals surface area contributed by atoms with Gasteiger partial charge in [-0.05, 0) is 31.5 Å². The molecule has 0 aliphatic carbocycles. The molecule has 0 atom stereocenters. The van der Waals surface area contributed by atoms with E-state index in [1.165, 1.54) is 0 Å². The van der Waals surface area contributed by atoms with E-state index in [4.69, 9.17) is 0 Å². The predicted octanol–water partition coefficient (Wildman–Crippen LogP) is 3.14. The fraction of sp³-hybridized carbons (Fsp3) is 0.333. The molecular weight excluding hydrogens is 234 g/mol. The zero-order chi connectivity index (χ0) is 12.3. The van der Waals surface area contributed by atoms with Crippen molar-refractivity contribution in [3.8, 4) is 0 Å². The largest absolute Gasteiger partial charge is 0.338 e. The van der Waals surface area contributed by atoms with Gasteiger partial charge in [-0.15, -0.1) is 11.3 Å². The topological polar surface area (TPSA) is 54.0 Å². The highest BCUT2D eigenvalue weighted by Gasteiger charge is 2.04. The Morgan fingerprint density at radius 3 is 3.06 bits per heavy atom. The van der Waals surface area contributed by atoms with E-state index < -0.39 is 0 Å². The number of thiazole rings is 1. The number of fused-ring (bicyclic) bond motifs is 1. The minimum Gasteiger partial charge on any atom is -0.338 e. The van der Waals surface area contributed by atoms with Crippen LogP contribution in [0.1, 0.15) is 18.4 Å².